The summed E-state index contributed by atoms with van der Waals surface area (Å²) in [6, 6.07) is 5.05. The Morgan fingerprint density at radius 2 is 1.73 bits per heavy atom. The molecule has 3 rings (SSSR count). The Hall–Kier alpha value is -1.24. The SMILES string of the molecule is FC(F)(F)c1ccc(C2=C(Cl)CN(C3CCOCC3)O2)cc1. The summed E-state index contributed by atoms with van der Waals surface area (Å²) < 4.78 is 43.1. The summed E-state index contributed by atoms with van der Waals surface area (Å²) in [6.45, 7) is 1.80. The fourth-order valence-corrected chi connectivity index (χ4v) is 2.87. The normalized spacial score (nSPS) is 21.3. The molecule has 22 heavy (non-hydrogen) atoms. The minimum absolute atomic E-state index is 0.217. The number of halogens is 4. The molecule has 0 saturated carbocycles. The predicted molar refractivity (Wildman–Crippen MR) is 75.8 cm³/mol. The number of hydrogen-bond acceptors (Lipinski definition) is 3. The molecule has 1 saturated heterocycles. The molecule has 0 N–H and O–H groups in total. The van der Waals surface area contributed by atoms with Crippen LogP contribution in [0.3, 0.4) is 0 Å². The first-order valence-electron chi connectivity index (χ1n) is 7.04. The van der Waals surface area contributed by atoms with E-state index in [9.17, 15) is 13.2 Å². The van der Waals surface area contributed by atoms with Crippen molar-refractivity contribution in [3.05, 3.63) is 40.4 Å². The molecule has 0 spiro atoms. The lowest BCUT2D eigenvalue weighted by atomic mass is 10.1. The average molecular weight is 334 g/mol. The van der Waals surface area contributed by atoms with E-state index in [2.05, 4.69) is 0 Å². The van der Waals surface area contributed by atoms with Gasteiger partial charge in [-0.05, 0) is 25.0 Å². The highest BCUT2D eigenvalue weighted by molar-refractivity contribution is 6.32. The minimum atomic E-state index is -4.35. The Balaban J connectivity index is 1.73. The second kappa shape index (κ2) is 6.10. The molecule has 7 heteroatoms. The smallest absolute Gasteiger partial charge is 0.403 e. The standard InChI is InChI=1S/C15H15ClF3NO2/c16-13-9-20(12-5-7-21-8-6-12)22-14(13)10-1-3-11(4-2-10)15(17,18)19/h1-4,12H,5-9H2. The van der Waals surface area contributed by atoms with Crippen molar-refractivity contribution in [2.75, 3.05) is 19.8 Å². The first-order valence-corrected chi connectivity index (χ1v) is 7.41. The molecule has 120 valence electrons. The second-order valence-electron chi connectivity index (χ2n) is 5.32. The van der Waals surface area contributed by atoms with E-state index < -0.39 is 11.7 Å². The van der Waals surface area contributed by atoms with Crippen molar-refractivity contribution < 1.29 is 22.7 Å². The van der Waals surface area contributed by atoms with Crippen LogP contribution in [-0.4, -0.2) is 30.9 Å². The second-order valence-corrected chi connectivity index (χ2v) is 5.78. The Bertz CT molecular complexity index is 565. The van der Waals surface area contributed by atoms with Crippen LogP contribution in [0.2, 0.25) is 0 Å². The van der Waals surface area contributed by atoms with Gasteiger partial charge >= 0.3 is 6.18 Å². The van der Waals surface area contributed by atoms with E-state index in [1.165, 1.54) is 12.1 Å². The van der Waals surface area contributed by atoms with Crippen LogP contribution in [0.1, 0.15) is 24.0 Å². The lowest BCUT2D eigenvalue weighted by Crippen LogP contribution is -2.37. The van der Waals surface area contributed by atoms with Gasteiger partial charge in [-0.15, -0.1) is 5.06 Å². The highest BCUT2D eigenvalue weighted by Gasteiger charge is 2.33. The third kappa shape index (κ3) is 3.24. The summed E-state index contributed by atoms with van der Waals surface area (Å²) in [6.07, 6.45) is -2.64. The summed E-state index contributed by atoms with van der Waals surface area (Å²) in [5.41, 5.74) is -0.139. The fourth-order valence-electron chi connectivity index (χ4n) is 2.60. The zero-order valence-corrected chi connectivity index (χ0v) is 12.5. The quantitative estimate of drug-likeness (QED) is 0.815. The molecule has 0 amide bonds. The zero-order chi connectivity index (χ0) is 15.7. The Morgan fingerprint density at radius 3 is 2.32 bits per heavy atom. The number of hydrogen-bond donors (Lipinski definition) is 0. The molecule has 1 fully saturated rings. The molecule has 0 aromatic heterocycles. The van der Waals surface area contributed by atoms with Gasteiger partial charge in [-0.25, -0.2) is 0 Å². The summed E-state index contributed by atoms with van der Waals surface area (Å²) in [7, 11) is 0. The molecule has 0 radical (unpaired) electrons. The molecule has 2 heterocycles. The number of hydroxylamine groups is 2. The van der Waals surface area contributed by atoms with Gasteiger partial charge in [-0.1, -0.05) is 23.7 Å². The lowest BCUT2D eigenvalue weighted by Gasteiger charge is -2.29. The first kappa shape index (κ1) is 15.6. The van der Waals surface area contributed by atoms with Crippen LogP contribution in [0, 0.1) is 0 Å². The molecule has 1 aromatic rings. The van der Waals surface area contributed by atoms with E-state index in [0.29, 0.717) is 36.1 Å². The van der Waals surface area contributed by atoms with Crippen LogP contribution < -0.4 is 0 Å². The van der Waals surface area contributed by atoms with E-state index in [1.807, 2.05) is 0 Å². The van der Waals surface area contributed by atoms with Crippen LogP contribution in [0.15, 0.2) is 29.3 Å². The first-order chi connectivity index (χ1) is 10.4. The maximum atomic E-state index is 12.6. The monoisotopic (exact) mass is 333 g/mol. The topological polar surface area (TPSA) is 21.7 Å². The van der Waals surface area contributed by atoms with Gasteiger partial charge in [0.1, 0.15) is 0 Å². The van der Waals surface area contributed by atoms with E-state index in [-0.39, 0.29) is 6.04 Å². The van der Waals surface area contributed by atoms with Crippen molar-refractivity contribution in [2.45, 2.75) is 25.1 Å². The molecule has 2 aliphatic rings. The van der Waals surface area contributed by atoms with Crippen molar-refractivity contribution in [3.63, 3.8) is 0 Å². The summed E-state index contributed by atoms with van der Waals surface area (Å²) in [5.74, 6) is 0.432. The highest BCUT2D eigenvalue weighted by Crippen LogP contribution is 2.35. The number of nitrogens with zero attached hydrogens (tertiary/aromatic N) is 1. The number of benzene rings is 1. The molecular weight excluding hydrogens is 319 g/mol. The van der Waals surface area contributed by atoms with Gasteiger partial charge in [0.05, 0.1) is 23.2 Å². The summed E-state index contributed by atoms with van der Waals surface area (Å²) in [5, 5.41) is 2.30. The van der Waals surface area contributed by atoms with Gasteiger partial charge < -0.3 is 9.57 Å². The molecule has 0 bridgehead atoms. The van der Waals surface area contributed by atoms with Gasteiger partial charge in [0.25, 0.3) is 0 Å². The van der Waals surface area contributed by atoms with E-state index >= 15 is 0 Å². The van der Waals surface area contributed by atoms with Crippen molar-refractivity contribution in [3.8, 4) is 0 Å². The predicted octanol–water partition coefficient (Wildman–Crippen LogP) is 4.04. The van der Waals surface area contributed by atoms with E-state index in [0.717, 1.165) is 25.0 Å². The van der Waals surface area contributed by atoms with Gasteiger partial charge in [0.2, 0.25) is 0 Å². The molecule has 0 aliphatic carbocycles. The van der Waals surface area contributed by atoms with Crippen LogP contribution in [-0.2, 0) is 15.8 Å². The van der Waals surface area contributed by atoms with Crippen LogP contribution in [0.25, 0.3) is 5.76 Å². The zero-order valence-electron chi connectivity index (χ0n) is 11.7. The molecule has 1 aromatic carbocycles. The van der Waals surface area contributed by atoms with Crippen molar-refractivity contribution in [1.82, 2.24) is 5.06 Å². The van der Waals surface area contributed by atoms with Gasteiger partial charge in [0, 0.05) is 18.8 Å². The van der Waals surface area contributed by atoms with Crippen LogP contribution in [0.4, 0.5) is 13.2 Å². The fraction of sp³-hybridized carbons (Fsp3) is 0.467. The largest absolute Gasteiger partial charge is 0.416 e. The number of rotatable bonds is 2. The third-order valence-electron chi connectivity index (χ3n) is 3.82. The van der Waals surface area contributed by atoms with Gasteiger partial charge in [0.15, 0.2) is 5.76 Å². The summed E-state index contributed by atoms with van der Waals surface area (Å²) >= 11 is 6.22. The van der Waals surface area contributed by atoms with Crippen LogP contribution in [0.5, 0.6) is 0 Å². The molecular formula is C15H15ClF3NO2. The Kier molecular flexibility index (Phi) is 4.34. The maximum Gasteiger partial charge on any atom is 0.416 e. The lowest BCUT2D eigenvalue weighted by molar-refractivity contribution is -0.137. The van der Waals surface area contributed by atoms with Gasteiger partial charge in [-0.3, -0.25) is 0 Å². The maximum absolute atomic E-state index is 12.6. The van der Waals surface area contributed by atoms with Crippen LogP contribution >= 0.6 is 11.6 Å². The number of ether oxygens (including phenoxy) is 1. The minimum Gasteiger partial charge on any atom is -0.403 e. The average Bonchev–Trinajstić information content (AvgIpc) is 2.89. The van der Waals surface area contributed by atoms with Crippen molar-refractivity contribution in [1.29, 1.82) is 0 Å². The Labute approximate surface area is 131 Å². The molecule has 0 unspecified atom stereocenters. The molecule has 0 atom stereocenters. The Morgan fingerprint density at radius 1 is 1.09 bits per heavy atom. The van der Waals surface area contributed by atoms with Gasteiger partial charge in [-0.2, -0.15) is 13.2 Å². The number of alkyl halides is 3. The van der Waals surface area contributed by atoms with E-state index in [1.54, 1.807) is 5.06 Å². The molecule has 2 aliphatic heterocycles. The van der Waals surface area contributed by atoms with Crippen molar-refractivity contribution >= 4 is 17.4 Å². The molecule has 3 nitrogen and oxygen atoms in total. The summed E-state index contributed by atoms with van der Waals surface area (Å²) in [4.78, 5) is 5.77. The van der Waals surface area contributed by atoms with E-state index in [4.69, 9.17) is 21.2 Å². The van der Waals surface area contributed by atoms with Crippen molar-refractivity contribution in [2.24, 2.45) is 0 Å². The highest BCUT2D eigenvalue weighted by atomic mass is 35.5. The third-order valence-corrected chi connectivity index (χ3v) is 4.11.